The van der Waals surface area contributed by atoms with Crippen LogP contribution in [0.5, 0.6) is 11.5 Å². The molecule has 11 nitrogen and oxygen atoms in total. The number of nitrogens with zero attached hydrogens (tertiary/aromatic N) is 4. The molecule has 0 atom stereocenters. The summed E-state index contributed by atoms with van der Waals surface area (Å²) in [5.41, 5.74) is 9.01. The van der Waals surface area contributed by atoms with E-state index < -0.39 is 0 Å². The fourth-order valence-electron chi connectivity index (χ4n) is 4.86. The van der Waals surface area contributed by atoms with Gasteiger partial charge in [-0.25, -0.2) is 0 Å². The number of pyridine rings is 1. The molecule has 1 aliphatic rings. The number of rotatable bonds is 8. The van der Waals surface area contributed by atoms with Gasteiger partial charge in [-0.15, -0.1) is 4.68 Å². The second-order valence-electron chi connectivity index (χ2n) is 10.1. The number of amides is 1. The highest BCUT2D eigenvalue weighted by Gasteiger charge is 2.31. The number of benzene rings is 1. The van der Waals surface area contributed by atoms with Crippen molar-refractivity contribution < 1.29 is 28.2 Å². The Balaban J connectivity index is 1.78. The van der Waals surface area contributed by atoms with Gasteiger partial charge >= 0.3 is 5.95 Å². The van der Waals surface area contributed by atoms with Crippen molar-refractivity contribution in [2.45, 2.75) is 39.7 Å². The zero-order valence-electron chi connectivity index (χ0n) is 23.0. The summed E-state index contributed by atoms with van der Waals surface area (Å²) in [6.45, 7) is 11.1. The maximum absolute atomic E-state index is 13.8. The maximum atomic E-state index is 13.8. The molecule has 2 aromatic heterocycles. The molecule has 0 saturated carbocycles. The topological polar surface area (TPSA) is 125 Å². The van der Waals surface area contributed by atoms with Crippen molar-refractivity contribution in [2.24, 2.45) is 0 Å². The lowest BCUT2D eigenvalue weighted by Gasteiger charge is -2.33. The van der Waals surface area contributed by atoms with Crippen molar-refractivity contribution in [3.63, 3.8) is 0 Å². The van der Waals surface area contributed by atoms with Crippen molar-refractivity contribution in [1.29, 1.82) is 0 Å². The number of fused-ring (bicyclic) bond motifs is 1. The molecular weight excluding hydrogens is 488 g/mol. The molecule has 0 radical (unpaired) electrons. The molecule has 0 aliphatic carbocycles. The summed E-state index contributed by atoms with van der Waals surface area (Å²) in [6, 6.07) is 5.49. The minimum absolute atomic E-state index is 0.0608. The van der Waals surface area contributed by atoms with Gasteiger partial charge in [-0.2, -0.15) is 4.40 Å². The Morgan fingerprint density at radius 3 is 2.53 bits per heavy atom. The third kappa shape index (κ3) is 5.10. The average molecular weight is 526 g/mol. The normalized spacial score (nSPS) is 14.0. The quantitative estimate of drug-likeness (QED) is 0.338. The summed E-state index contributed by atoms with van der Waals surface area (Å²) >= 11 is 0. The number of anilines is 2. The largest absolute Gasteiger partial charge is 0.494 e. The Hall–Kier alpha value is -3.86. The number of aromatic nitrogens is 3. The molecule has 3 aromatic rings. The van der Waals surface area contributed by atoms with Gasteiger partial charge in [-0.05, 0) is 24.5 Å². The van der Waals surface area contributed by atoms with Crippen molar-refractivity contribution >= 4 is 29.0 Å². The molecule has 3 N–H and O–H groups in total. The fraction of sp³-hybridized carbons (Fsp3) is 0.481. The second-order valence-corrected chi connectivity index (χ2v) is 10.1. The van der Waals surface area contributed by atoms with Gasteiger partial charge in [0, 0.05) is 42.4 Å². The van der Waals surface area contributed by atoms with Crippen LogP contribution in [0.25, 0.3) is 5.65 Å². The second kappa shape index (κ2) is 10.9. The first-order valence-electron chi connectivity index (χ1n) is 12.7. The van der Waals surface area contributed by atoms with Gasteiger partial charge in [0.05, 0.1) is 38.8 Å². The van der Waals surface area contributed by atoms with Crippen LogP contribution >= 0.6 is 0 Å². The number of morpholine rings is 1. The standard InChI is InChI=1S/C27H36N6O5/c1-7-38-21-14-22-32(15-18(21)25(35)29-5)26(28)30-33(22)16-20(34)17-8-9-19(31-10-12-37-13-11-31)24(36-6)23(17)27(2,3)4/h8-9,14-15H,7,10-13,16H2,1-6H3,(H2-,28,29,30,35)/p+1. The third-order valence-corrected chi connectivity index (χ3v) is 6.57. The fourth-order valence-corrected chi connectivity index (χ4v) is 4.86. The maximum Gasteiger partial charge on any atom is 0.380 e. The predicted octanol–water partition coefficient (Wildman–Crippen LogP) is 1.99. The molecule has 0 bridgehead atoms. The van der Waals surface area contributed by atoms with E-state index in [0.29, 0.717) is 48.1 Å². The number of hydrogen-bond donors (Lipinski definition) is 2. The van der Waals surface area contributed by atoms with Crippen molar-refractivity contribution in [1.82, 2.24) is 15.1 Å². The summed E-state index contributed by atoms with van der Waals surface area (Å²) in [4.78, 5) is 28.5. The van der Waals surface area contributed by atoms with E-state index in [4.69, 9.17) is 19.9 Å². The Bertz CT molecular complexity index is 1350. The van der Waals surface area contributed by atoms with Crippen LogP contribution in [0.1, 0.15) is 54.0 Å². The van der Waals surface area contributed by atoms with Crippen LogP contribution in [-0.4, -0.2) is 68.5 Å². The Kier molecular flexibility index (Phi) is 7.77. The Labute approximate surface area is 222 Å². The number of Topliss-reactive ketones (excluding diaryl/α,β-unsaturated/α-hetero) is 1. The van der Waals surface area contributed by atoms with Gasteiger partial charge in [-0.1, -0.05) is 20.8 Å². The number of methoxy groups -OCH3 is 1. The molecule has 3 heterocycles. The highest BCUT2D eigenvalue weighted by molar-refractivity contribution is 5.99. The molecule has 1 saturated heterocycles. The molecule has 11 heteroatoms. The molecule has 1 aromatic carbocycles. The smallest absolute Gasteiger partial charge is 0.380 e. The summed E-state index contributed by atoms with van der Waals surface area (Å²) in [5, 5.41) is 7.01. The number of nitrogen functional groups attached to an aromatic ring is 1. The van der Waals surface area contributed by atoms with Crippen molar-refractivity contribution in [3.8, 4) is 11.5 Å². The van der Waals surface area contributed by atoms with Gasteiger partial charge in [0.15, 0.2) is 12.3 Å². The van der Waals surface area contributed by atoms with E-state index in [1.165, 1.54) is 4.68 Å². The van der Waals surface area contributed by atoms with Gasteiger partial charge in [0.25, 0.3) is 5.91 Å². The van der Waals surface area contributed by atoms with Crippen LogP contribution < -0.4 is 29.8 Å². The van der Waals surface area contributed by atoms with Gasteiger partial charge in [-0.3, -0.25) is 9.59 Å². The Morgan fingerprint density at radius 1 is 1.21 bits per heavy atom. The van der Waals surface area contributed by atoms with Crippen LogP contribution in [-0.2, 0) is 16.7 Å². The average Bonchev–Trinajstić information content (AvgIpc) is 3.20. The van der Waals surface area contributed by atoms with Crippen LogP contribution in [0.3, 0.4) is 0 Å². The lowest BCUT2D eigenvalue weighted by atomic mass is 9.81. The minimum atomic E-state index is -0.372. The van der Waals surface area contributed by atoms with Crippen LogP contribution in [0.4, 0.5) is 11.6 Å². The molecule has 1 aliphatic heterocycles. The van der Waals surface area contributed by atoms with Crippen LogP contribution in [0.2, 0.25) is 0 Å². The zero-order valence-corrected chi connectivity index (χ0v) is 23.0. The number of carbonyl (C=O) groups excluding carboxylic acids is 2. The number of ether oxygens (including phenoxy) is 3. The monoisotopic (exact) mass is 525 g/mol. The summed E-state index contributed by atoms with van der Waals surface area (Å²) in [7, 11) is 3.18. The number of ketones is 1. The molecule has 1 amide bonds. The molecule has 0 spiro atoms. The molecule has 38 heavy (non-hydrogen) atoms. The summed E-state index contributed by atoms with van der Waals surface area (Å²) < 4.78 is 20.3. The van der Waals surface area contributed by atoms with E-state index in [-0.39, 0.29) is 29.6 Å². The minimum Gasteiger partial charge on any atom is -0.494 e. The van der Waals surface area contributed by atoms with Gasteiger partial charge in [0.2, 0.25) is 5.65 Å². The predicted molar refractivity (Wildman–Crippen MR) is 143 cm³/mol. The highest BCUT2D eigenvalue weighted by atomic mass is 16.5. The first kappa shape index (κ1) is 27.2. The lowest BCUT2D eigenvalue weighted by molar-refractivity contribution is -0.496. The Morgan fingerprint density at radius 2 is 1.92 bits per heavy atom. The first-order valence-corrected chi connectivity index (χ1v) is 12.7. The number of nitrogens with one attached hydrogen (secondary N) is 1. The van der Waals surface area contributed by atoms with Gasteiger partial charge < -0.3 is 30.2 Å². The van der Waals surface area contributed by atoms with Crippen molar-refractivity contribution in [3.05, 3.63) is 41.1 Å². The lowest BCUT2D eigenvalue weighted by Crippen LogP contribution is -2.37. The molecule has 1 fully saturated rings. The number of nitrogens with two attached hydrogens (primary N) is 1. The molecule has 4 rings (SSSR count). The SMILES string of the molecule is CCOc1cc2n(CC(=O)c3ccc(N4CCOCC4)c(OC)c3C(C)(C)C)nc(N)[n+]2cc1C(=O)NC. The summed E-state index contributed by atoms with van der Waals surface area (Å²) in [6.07, 6.45) is 1.57. The van der Waals surface area contributed by atoms with Crippen LogP contribution in [0.15, 0.2) is 24.4 Å². The third-order valence-electron chi connectivity index (χ3n) is 6.57. The first-order chi connectivity index (χ1) is 18.1. The van der Waals surface area contributed by atoms with E-state index in [1.54, 1.807) is 30.8 Å². The van der Waals surface area contributed by atoms with E-state index in [1.807, 2.05) is 19.1 Å². The zero-order chi connectivity index (χ0) is 27.6. The van der Waals surface area contributed by atoms with Gasteiger partial charge in [0.1, 0.15) is 17.1 Å². The number of hydrogen-bond acceptors (Lipinski definition) is 8. The van der Waals surface area contributed by atoms with E-state index >= 15 is 0 Å². The van der Waals surface area contributed by atoms with E-state index in [0.717, 1.165) is 24.3 Å². The van der Waals surface area contributed by atoms with E-state index in [9.17, 15) is 9.59 Å². The molecular formula is C27H37N6O5+. The van der Waals surface area contributed by atoms with Crippen LogP contribution in [0, 0.1) is 0 Å². The number of carbonyl (C=O) groups is 2. The molecule has 204 valence electrons. The van der Waals surface area contributed by atoms with Crippen molar-refractivity contribution in [2.75, 3.05) is 57.7 Å². The summed E-state index contributed by atoms with van der Waals surface area (Å²) in [5.74, 6) is 0.774. The molecule has 0 unspecified atom stereocenters. The van der Waals surface area contributed by atoms with E-state index in [2.05, 4.69) is 36.1 Å². The highest BCUT2D eigenvalue weighted by Crippen LogP contribution is 2.42.